The van der Waals surface area contributed by atoms with Crippen molar-refractivity contribution in [2.75, 3.05) is 17.8 Å². The molecule has 1 aliphatic rings. The zero-order valence-electron chi connectivity index (χ0n) is 18.9. The van der Waals surface area contributed by atoms with Gasteiger partial charge in [0.2, 0.25) is 5.28 Å². The Balaban J connectivity index is 1.56. The number of aliphatic hydroxyl groups excluding tert-OH is 1. The van der Waals surface area contributed by atoms with Crippen molar-refractivity contribution >= 4 is 43.6 Å². The number of ether oxygens (including phenoxy) is 1. The molecule has 18 heteroatoms. The molecule has 13 nitrogen and oxygen atoms in total. The van der Waals surface area contributed by atoms with Gasteiger partial charge in [0.25, 0.3) is 0 Å². The van der Waals surface area contributed by atoms with E-state index in [0.29, 0.717) is 5.56 Å². The van der Waals surface area contributed by atoms with E-state index in [4.69, 9.17) is 26.1 Å². The van der Waals surface area contributed by atoms with Gasteiger partial charge in [-0.1, -0.05) is 18.2 Å². The third kappa shape index (κ3) is 6.33. The molecule has 0 amide bonds. The summed E-state index contributed by atoms with van der Waals surface area (Å²) in [6.45, 7) is 0.851. The average molecular weight is 584 g/mol. The van der Waals surface area contributed by atoms with E-state index >= 15 is 4.39 Å². The van der Waals surface area contributed by atoms with Crippen LogP contribution in [0.15, 0.2) is 30.5 Å². The van der Waals surface area contributed by atoms with E-state index in [2.05, 4.69) is 24.9 Å². The summed E-state index contributed by atoms with van der Waals surface area (Å²) in [6, 6.07) is 5.56. The predicted octanol–water partition coefficient (Wildman–Crippen LogP) is 2.73. The Labute approximate surface area is 213 Å². The van der Waals surface area contributed by atoms with Crippen LogP contribution in [0, 0.1) is 5.82 Å². The number of fused-ring (bicyclic) bond motifs is 1. The normalized spacial score (nSPS) is 24.8. The quantitative estimate of drug-likeness (QED) is 0.183. The minimum atomic E-state index is -4.88. The maximum Gasteiger partial charge on any atom is 0.340 e. The van der Waals surface area contributed by atoms with Gasteiger partial charge in [-0.15, -0.1) is 0 Å². The molecule has 0 aliphatic carbocycles. The smallest absolute Gasteiger partial charge is 0.340 e. The third-order valence-corrected chi connectivity index (χ3v) is 9.11. The topological polar surface area (TPSA) is 189 Å². The SMILES string of the molecule is CC(Nc1nc(Cl)nc2c1cnn2[C@@H]1O[C@H](COP(=O)(O)CP(=O)(O)O)[C@@H](O)[C@@H]1F)c1ccccc1F. The number of hydrogen-bond donors (Lipinski definition) is 5. The minimum Gasteiger partial charge on any atom is -0.387 e. The summed E-state index contributed by atoms with van der Waals surface area (Å²) in [4.78, 5) is 35.6. The van der Waals surface area contributed by atoms with Gasteiger partial charge in [0.05, 0.1) is 24.2 Å². The van der Waals surface area contributed by atoms with Crippen LogP contribution < -0.4 is 5.32 Å². The number of nitrogens with zero attached hydrogens (tertiary/aromatic N) is 4. The fraction of sp³-hybridized carbons (Fsp3) is 0.421. The Kier molecular flexibility index (Phi) is 8.01. The highest BCUT2D eigenvalue weighted by Gasteiger charge is 2.47. The molecule has 1 aliphatic heterocycles. The molecule has 0 spiro atoms. The number of hydrogen-bond acceptors (Lipinski definition) is 9. The van der Waals surface area contributed by atoms with Gasteiger partial charge in [0.15, 0.2) is 23.9 Å². The monoisotopic (exact) mass is 583 g/mol. The molecule has 5 N–H and O–H groups in total. The van der Waals surface area contributed by atoms with Crippen LogP contribution in [0.2, 0.25) is 5.28 Å². The summed E-state index contributed by atoms with van der Waals surface area (Å²) >= 11 is 6.06. The lowest BCUT2D eigenvalue weighted by Gasteiger charge is -2.18. The first-order valence-electron chi connectivity index (χ1n) is 10.7. The summed E-state index contributed by atoms with van der Waals surface area (Å²) in [5.41, 5.74) is 0.366. The van der Waals surface area contributed by atoms with Crippen LogP contribution in [0.3, 0.4) is 0 Å². The first kappa shape index (κ1) is 28.0. The highest BCUT2D eigenvalue weighted by molar-refractivity contribution is 7.70. The number of aromatic nitrogens is 4. The lowest BCUT2D eigenvalue weighted by Crippen LogP contribution is -2.31. The summed E-state index contributed by atoms with van der Waals surface area (Å²) in [7, 11) is -9.64. The molecule has 0 saturated carbocycles. The Bertz CT molecular complexity index is 1390. The first-order valence-corrected chi connectivity index (χ1v) is 14.6. The van der Waals surface area contributed by atoms with E-state index in [0.717, 1.165) is 4.68 Å². The second-order valence-electron chi connectivity index (χ2n) is 8.29. The lowest BCUT2D eigenvalue weighted by atomic mass is 10.1. The van der Waals surface area contributed by atoms with E-state index in [-0.39, 0.29) is 22.1 Å². The molecule has 4 rings (SSSR count). The van der Waals surface area contributed by atoms with Gasteiger partial charge in [-0.05, 0) is 24.6 Å². The van der Waals surface area contributed by atoms with Gasteiger partial charge in [0, 0.05) is 5.56 Å². The second kappa shape index (κ2) is 10.6. The van der Waals surface area contributed by atoms with Crippen molar-refractivity contribution in [3.63, 3.8) is 0 Å². The average Bonchev–Trinajstić information content (AvgIpc) is 3.32. The fourth-order valence-corrected chi connectivity index (χ4v) is 6.54. The summed E-state index contributed by atoms with van der Waals surface area (Å²) < 4.78 is 63.2. The molecule has 1 saturated heterocycles. The zero-order chi connectivity index (χ0) is 27.1. The number of alkyl halides is 1. The van der Waals surface area contributed by atoms with Crippen LogP contribution in [0.4, 0.5) is 14.6 Å². The molecule has 0 bridgehead atoms. The first-order chi connectivity index (χ1) is 17.3. The van der Waals surface area contributed by atoms with Crippen LogP contribution in [0.1, 0.15) is 24.8 Å². The van der Waals surface area contributed by atoms with Crippen molar-refractivity contribution in [2.24, 2.45) is 0 Å². The van der Waals surface area contributed by atoms with Crippen molar-refractivity contribution in [2.45, 2.75) is 37.6 Å². The van der Waals surface area contributed by atoms with Crippen LogP contribution >= 0.6 is 26.8 Å². The number of benzene rings is 1. The second-order valence-corrected chi connectivity index (χ2v) is 12.6. The van der Waals surface area contributed by atoms with Gasteiger partial charge in [-0.3, -0.25) is 9.13 Å². The molecule has 6 atom stereocenters. The fourth-order valence-electron chi connectivity index (χ4n) is 3.81. The number of anilines is 1. The Morgan fingerprint density at radius 1 is 1.27 bits per heavy atom. The van der Waals surface area contributed by atoms with E-state index < -0.39 is 64.2 Å². The Morgan fingerprint density at radius 2 is 1.97 bits per heavy atom. The van der Waals surface area contributed by atoms with Crippen molar-refractivity contribution in [1.29, 1.82) is 0 Å². The summed E-state index contributed by atoms with van der Waals surface area (Å²) in [6.07, 6.45) is -5.69. The molecular weight excluding hydrogens is 562 g/mol. The third-order valence-electron chi connectivity index (χ3n) is 5.49. The van der Waals surface area contributed by atoms with Crippen LogP contribution in [0.25, 0.3) is 11.0 Å². The van der Waals surface area contributed by atoms with Gasteiger partial charge < -0.3 is 34.4 Å². The molecule has 3 heterocycles. The molecule has 37 heavy (non-hydrogen) atoms. The van der Waals surface area contributed by atoms with Gasteiger partial charge >= 0.3 is 15.2 Å². The van der Waals surface area contributed by atoms with Crippen LogP contribution in [0.5, 0.6) is 0 Å². The molecule has 1 aromatic carbocycles. The zero-order valence-corrected chi connectivity index (χ0v) is 21.5. The van der Waals surface area contributed by atoms with Crippen molar-refractivity contribution in [1.82, 2.24) is 19.7 Å². The van der Waals surface area contributed by atoms with E-state index in [1.165, 1.54) is 12.3 Å². The van der Waals surface area contributed by atoms with Crippen LogP contribution in [-0.4, -0.2) is 70.4 Å². The Morgan fingerprint density at radius 3 is 2.65 bits per heavy atom. The highest BCUT2D eigenvalue weighted by Crippen LogP contribution is 2.55. The Hall–Kier alpha value is -2.06. The van der Waals surface area contributed by atoms with E-state index in [1.54, 1.807) is 25.1 Å². The van der Waals surface area contributed by atoms with Gasteiger partial charge in [-0.25, -0.2) is 13.5 Å². The number of rotatable bonds is 9. The standard InChI is InChI=1S/C19H22ClF2N5O8P2/c1-9(10-4-2-3-5-12(10)21)24-16-11-6-23-27(17(11)26-19(20)25-16)18-14(22)15(28)13(35-18)7-34-37(32,33)8-36(29,30)31/h2-6,9,13-15,18,28H,7-8H2,1H3,(H,32,33)(H,24,25,26)(H2,29,30,31)/t9?,13-,14+,15-,18-/m1/s1. The molecule has 2 aromatic heterocycles. The number of nitrogens with one attached hydrogen (secondary N) is 1. The largest absolute Gasteiger partial charge is 0.387 e. The molecule has 3 aromatic rings. The van der Waals surface area contributed by atoms with E-state index in [9.17, 15) is 23.5 Å². The van der Waals surface area contributed by atoms with Gasteiger partial charge in [0.1, 0.15) is 23.8 Å². The number of aliphatic hydroxyl groups is 1. The maximum absolute atomic E-state index is 15.0. The molecule has 2 unspecified atom stereocenters. The lowest BCUT2D eigenvalue weighted by molar-refractivity contribution is -0.0472. The minimum absolute atomic E-state index is 0.0129. The molecule has 202 valence electrons. The van der Waals surface area contributed by atoms with Crippen LogP contribution in [-0.2, 0) is 18.4 Å². The number of halogens is 3. The predicted molar refractivity (Wildman–Crippen MR) is 126 cm³/mol. The van der Waals surface area contributed by atoms with Gasteiger partial charge in [-0.2, -0.15) is 15.1 Å². The highest BCUT2D eigenvalue weighted by atomic mass is 35.5. The van der Waals surface area contributed by atoms with Crippen molar-refractivity contribution in [3.05, 3.63) is 47.1 Å². The summed E-state index contributed by atoms with van der Waals surface area (Å²) in [5, 5.41) is 17.4. The molecule has 0 radical (unpaired) electrons. The molecular formula is C19H22ClF2N5O8P2. The maximum atomic E-state index is 15.0. The van der Waals surface area contributed by atoms with Crippen molar-refractivity contribution in [3.8, 4) is 0 Å². The molecule has 1 fully saturated rings. The van der Waals surface area contributed by atoms with E-state index in [1.807, 2.05) is 0 Å². The van der Waals surface area contributed by atoms with Crippen molar-refractivity contribution < 1.29 is 47.0 Å². The summed E-state index contributed by atoms with van der Waals surface area (Å²) in [5.74, 6) is -1.72.